The monoisotopic (exact) mass is 198 g/mol. The number of esters is 1. The van der Waals surface area contributed by atoms with Crippen LogP contribution in [0.15, 0.2) is 12.4 Å². The van der Waals surface area contributed by atoms with E-state index in [0.29, 0.717) is 0 Å². The molecule has 0 saturated carbocycles. The van der Waals surface area contributed by atoms with Crippen molar-refractivity contribution >= 4 is 11.7 Å². The second-order valence-electron chi connectivity index (χ2n) is 2.67. The van der Waals surface area contributed by atoms with E-state index in [2.05, 4.69) is 9.72 Å². The Hall–Kier alpha value is -1.65. The molecule has 0 saturated heterocycles. The van der Waals surface area contributed by atoms with Gasteiger partial charge in [-0.2, -0.15) is 0 Å². The van der Waals surface area contributed by atoms with Crippen molar-refractivity contribution in [1.29, 1.82) is 0 Å². The summed E-state index contributed by atoms with van der Waals surface area (Å²) in [7, 11) is 0. The van der Waals surface area contributed by atoms with Crippen molar-refractivity contribution < 1.29 is 13.9 Å². The van der Waals surface area contributed by atoms with E-state index in [1.807, 2.05) is 0 Å². The van der Waals surface area contributed by atoms with Crippen molar-refractivity contribution in [3.8, 4) is 0 Å². The van der Waals surface area contributed by atoms with Crippen molar-refractivity contribution in [2.24, 2.45) is 0 Å². The molecule has 1 aromatic rings. The Bertz CT molecular complexity index is 321. The van der Waals surface area contributed by atoms with E-state index in [1.165, 1.54) is 6.20 Å². The Kier molecular flexibility index (Phi) is 3.39. The Morgan fingerprint density at radius 2 is 2.36 bits per heavy atom. The molecule has 2 N–H and O–H groups in total. The summed E-state index contributed by atoms with van der Waals surface area (Å²) < 4.78 is 17.8. The van der Waals surface area contributed by atoms with E-state index < -0.39 is 11.8 Å². The zero-order chi connectivity index (χ0) is 10.6. The molecule has 0 aliphatic carbocycles. The number of anilines is 1. The lowest BCUT2D eigenvalue weighted by atomic mass is 10.1. The molecule has 0 aromatic carbocycles. The number of carbonyl (C=O) groups excluding carboxylic acids is 1. The fourth-order valence-corrected chi connectivity index (χ4v) is 1.02. The highest BCUT2D eigenvalue weighted by Gasteiger charge is 2.12. The number of nitrogen functional groups attached to an aromatic ring is 1. The van der Waals surface area contributed by atoms with Crippen molar-refractivity contribution in [3.63, 3.8) is 0 Å². The molecule has 0 amide bonds. The van der Waals surface area contributed by atoms with Crippen LogP contribution in [0.25, 0.3) is 0 Å². The predicted octanol–water partition coefficient (Wildman–Crippen LogP) is 0.909. The molecular formula is C9H11FN2O2. The fourth-order valence-electron chi connectivity index (χ4n) is 1.02. The lowest BCUT2D eigenvalue weighted by Gasteiger charge is -2.05. The van der Waals surface area contributed by atoms with Crippen LogP contribution in [0.4, 0.5) is 10.1 Å². The van der Waals surface area contributed by atoms with E-state index in [4.69, 9.17) is 5.73 Å². The number of carbonyl (C=O) groups is 1. The normalized spacial score (nSPS) is 9.86. The summed E-state index contributed by atoms with van der Waals surface area (Å²) in [5, 5.41) is 0. The standard InChI is InChI=1S/C9H11FN2O2/c1-2-14-9(13)3-6-7(10)4-12-5-8(6)11/h4-5H,2-3,11H2,1H3. The molecule has 0 fully saturated rings. The number of hydrogen-bond acceptors (Lipinski definition) is 4. The third-order valence-corrected chi connectivity index (χ3v) is 1.66. The highest BCUT2D eigenvalue weighted by Crippen LogP contribution is 2.14. The molecule has 0 bridgehead atoms. The first-order valence-electron chi connectivity index (χ1n) is 4.18. The van der Waals surface area contributed by atoms with Gasteiger partial charge in [-0.15, -0.1) is 0 Å². The van der Waals surface area contributed by atoms with Gasteiger partial charge in [-0.3, -0.25) is 9.78 Å². The van der Waals surface area contributed by atoms with Crippen LogP contribution in [0, 0.1) is 5.82 Å². The van der Waals surface area contributed by atoms with Gasteiger partial charge in [0, 0.05) is 5.56 Å². The third kappa shape index (κ3) is 2.42. The van der Waals surface area contributed by atoms with Crippen LogP contribution in [0.1, 0.15) is 12.5 Å². The minimum absolute atomic E-state index is 0.137. The van der Waals surface area contributed by atoms with Crippen molar-refractivity contribution in [3.05, 3.63) is 23.8 Å². The lowest BCUT2D eigenvalue weighted by Crippen LogP contribution is -2.11. The number of aromatic nitrogens is 1. The zero-order valence-electron chi connectivity index (χ0n) is 7.79. The number of nitrogens with two attached hydrogens (primary N) is 1. The summed E-state index contributed by atoms with van der Waals surface area (Å²) in [4.78, 5) is 14.6. The number of hydrogen-bond donors (Lipinski definition) is 1. The molecule has 1 rings (SSSR count). The molecule has 0 aliphatic heterocycles. The third-order valence-electron chi connectivity index (χ3n) is 1.66. The van der Waals surface area contributed by atoms with Gasteiger partial charge >= 0.3 is 5.97 Å². The van der Waals surface area contributed by atoms with Crippen molar-refractivity contribution in [2.75, 3.05) is 12.3 Å². The molecule has 1 heterocycles. The second-order valence-corrected chi connectivity index (χ2v) is 2.67. The molecule has 14 heavy (non-hydrogen) atoms. The minimum atomic E-state index is -0.585. The van der Waals surface area contributed by atoms with Gasteiger partial charge in [0.1, 0.15) is 5.82 Å². The van der Waals surface area contributed by atoms with E-state index in [0.717, 1.165) is 6.20 Å². The molecule has 0 atom stereocenters. The summed E-state index contributed by atoms with van der Waals surface area (Å²) in [5.74, 6) is -1.08. The number of pyridine rings is 1. The predicted molar refractivity (Wildman–Crippen MR) is 48.9 cm³/mol. The first-order chi connectivity index (χ1) is 6.65. The summed E-state index contributed by atoms with van der Waals surface area (Å²) >= 11 is 0. The van der Waals surface area contributed by atoms with E-state index in [9.17, 15) is 9.18 Å². The summed E-state index contributed by atoms with van der Waals surface area (Å²) in [5.41, 5.74) is 5.76. The quantitative estimate of drug-likeness (QED) is 0.733. The van der Waals surface area contributed by atoms with Gasteiger partial charge in [-0.25, -0.2) is 4.39 Å². The summed E-state index contributed by atoms with van der Waals surface area (Å²) in [6, 6.07) is 0. The molecular weight excluding hydrogens is 187 g/mol. The number of nitrogens with zero attached hydrogens (tertiary/aromatic N) is 1. The van der Waals surface area contributed by atoms with Crippen LogP contribution in [-0.4, -0.2) is 17.6 Å². The SMILES string of the molecule is CCOC(=O)Cc1c(N)cncc1F. The van der Waals surface area contributed by atoms with Crippen molar-refractivity contribution in [2.45, 2.75) is 13.3 Å². The van der Waals surface area contributed by atoms with Crippen molar-refractivity contribution in [1.82, 2.24) is 4.98 Å². The Labute approximate surface area is 80.9 Å². The molecule has 4 nitrogen and oxygen atoms in total. The van der Waals surface area contributed by atoms with Crippen LogP contribution in [0.5, 0.6) is 0 Å². The molecule has 1 aromatic heterocycles. The first-order valence-corrected chi connectivity index (χ1v) is 4.18. The van der Waals surface area contributed by atoms with Gasteiger partial charge in [0.25, 0.3) is 0 Å². The second kappa shape index (κ2) is 4.55. The van der Waals surface area contributed by atoms with E-state index in [1.54, 1.807) is 6.92 Å². The Morgan fingerprint density at radius 1 is 1.64 bits per heavy atom. The zero-order valence-corrected chi connectivity index (χ0v) is 7.79. The maximum absolute atomic E-state index is 13.1. The van der Waals surface area contributed by atoms with E-state index >= 15 is 0 Å². The largest absolute Gasteiger partial charge is 0.466 e. The molecule has 76 valence electrons. The average molecular weight is 198 g/mol. The van der Waals surface area contributed by atoms with Gasteiger partial charge in [-0.1, -0.05) is 0 Å². The van der Waals surface area contributed by atoms with E-state index in [-0.39, 0.29) is 24.3 Å². The van der Waals surface area contributed by atoms with Crippen LogP contribution in [0.3, 0.4) is 0 Å². The maximum Gasteiger partial charge on any atom is 0.310 e. The van der Waals surface area contributed by atoms with Gasteiger partial charge < -0.3 is 10.5 Å². The topological polar surface area (TPSA) is 65.2 Å². The first kappa shape index (κ1) is 10.4. The highest BCUT2D eigenvalue weighted by atomic mass is 19.1. The Balaban J connectivity index is 2.80. The smallest absolute Gasteiger partial charge is 0.310 e. The lowest BCUT2D eigenvalue weighted by molar-refractivity contribution is -0.142. The molecule has 0 aliphatic rings. The van der Waals surface area contributed by atoms with Gasteiger partial charge in [0.2, 0.25) is 0 Å². The van der Waals surface area contributed by atoms with Crippen LogP contribution < -0.4 is 5.73 Å². The molecule has 5 heteroatoms. The molecule has 0 unspecified atom stereocenters. The summed E-state index contributed by atoms with van der Waals surface area (Å²) in [6.45, 7) is 1.95. The van der Waals surface area contributed by atoms with Crippen LogP contribution in [-0.2, 0) is 16.0 Å². The van der Waals surface area contributed by atoms with Crippen LogP contribution in [0.2, 0.25) is 0 Å². The highest BCUT2D eigenvalue weighted by molar-refractivity contribution is 5.74. The number of halogens is 1. The average Bonchev–Trinajstić information content (AvgIpc) is 2.12. The number of ether oxygens (including phenoxy) is 1. The van der Waals surface area contributed by atoms with Gasteiger partial charge in [0.05, 0.1) is 31.1 Å². The number of rotatable bonds is 3. The summed E-state index contributed by atoms with van der Waals surface area (Å²) in [6.07, 6.45) is 2.16. The molecule has 0 radical (unpaired) electrons. The van der Waals surface area contributed by atoms with Gasteiger partial charge in [-0.05, 0) is 6.92 Å². The Morgan fingerprint density at radius 3 is 2.93 bits per heavy atom. The minimum Gasteiger partial charge on any atom is -0.466 e. The molecule has 0 spiro atoms. The maximum atomic E-state index is 13.1. The van der Waals surface area contributed by atoms with Crippen LogP contribution >= 0.6 is 0 Å². The van der Waals surface area contributed by atoms with Gasteiger partial charge in [0.15, 0.2) is 0 Å². The fraction of sp³-hybridized carbons (Fsp3) is 0.333.